The fraction of sp³-hybridized carbons (Fsp3) is 0.217. The summed E-state index contributed by atoms with van der Waals surface area (Å²) in [5.41, 5.74) is 2.91. The van der Waals surface area contributed by atoms with Crippen LogP contribution in [0.5, 0.6) is 0 Å². The minimum absolute atomic E-state index is 0.219. The number of rotatable bonds is 3. The Hall–Kier alpha value is -3.14. The molecule has 1 aliphatic rings. The number of imide groups is 1. The average molecular weight is 358 g/mol. The number of nitrogens with zero attached hydrogens (tertiary/aromatic N) is 1. The zero-order valence-electron chi connectivity index (χ0n) is 15.7. The number of hydrogen-bond acceptors (Lipinski definition) is 2. The van der Waals surface area contributed by atoms with Crippen LogP contribution in [0.2, 0.25) is 0 Å². The molecule has 3 aromatic carbocycles. The molecule has 4 rings (SSSR count). The van der Waals surface area contributed by atoms with E-state index in [1.165, 1.54) is 4.90 Å². The van der Waals surface area contributed by atoms with Crippen molar-refractivity contribution in [2.45, 2.75) is 32.9 Å². The fourth-order valence-electron chi connectivity index (χ4n) is 3.68. The molecule has 1 saturated heterocycles. The molecule has 1 fully saturated rings. The quantitative estimate of drug-likeness (QED) is 0.705. The third kappa shape index (κ3) is 2.87. The van der Waals surface area contributed by atoms with E-state index in [2.05, 4.69) is 5.32 Å². The standard InChI is InChI=1S/C23H22N2O2/c1-15-8-9-16(2)19(12-15)14-25-21(26)23(3,24-22(25)27)20-11-10-17-6-4-5-7-18(17)13-20/h4-13H,14H2,1-3H3,(H,24,27). The summed E-state index contributed by atoms with van der Waals surface area (Å²) in [5.74, 6) is -0.219. The highest BCUT2D eigenvalue weighted by molar-refractivity contribution is 6.07. The van der Waals surface area contributed by atoms with Crippen molar-refractivity contribution in [1.29, 1.82) is 0 Å². The summed E-state index contributed by atoms with van der Waals surface area (Å²) in [4.78, 5) is 27.2. The van der Waals surface area contributed by atoms with Gasteiger partial charge in [0.15, 0.2) is 0 Å². The first-order valence-electron chi connectivity index (χ1n) is 9.08. The second kappa shape index (κ2) is 6.23. The molecular weight excluding hydrogens is 336 g/mol. The molecule has 4 nitrogen and oxygen atoms in total. The molecule has 1 unspecified atom stereocenters. The predicted octanol–water partition coefficient (Wildman–Crippen LogP) is 4.42. The Labute approximate surface area is 158 Å². The molecule has 1 aliphatic heterocycles. The van der Waals surface area contributed by atoms with Crippen molar-refractivity contribution in [1.82, 2.24) is 10.2 Å². The number of fused-ring (bicyclic) bond motifs is 1. The van der Waals surface area contributed by atoms with Crippen LogP contribution in [-0.4, -0.2) is 16.8 Å². The van der Waals surface area contributed by atoms with Gasteiger partial charge < -0.3 is 5.32 Å². The first-order chi connectivity index (χ1) is 12.9. The average Bonchev–Trinajstić information content (AvgIpc) is 2.88. The number of nitrogens with one attached hydrogen (secondary N) is 1. The highest BCUT2D eigenvalue weighted by atomic mass is 16.2. The number of aryl methyl sites for hydroxylation is 2. The maximum Gasteiger partial charge on any atom is 0.325 e. The first kappa shape index (κ1) is 17.3. The lowest BCUT2D eigenvalue weighted by Crippen LogP contribution is -2.40. The molecule has 4 heteroatoms. The van der Waals surface area contributed by atoms with Crippen LogP contribution in [0.25, 0.3) is 10.8 Å². The van der Waals surface area contributed by atoms with Crippen LogP contribution in [0.15, 0.2) is 60.7 Å². The molecule has 1 heterocycles. The summed E-state index contributed by atoms with van der Waals surface area (Å²) in [5, 5.41) is 5.06. The monoisotopic (exact) mass is 358 g/mol. The van der Waals surface area contributed by atoms with Crippen LogP contribution in [-0.2, 0) is 16.9 Å². The summed E-state index contributed by atoms with van der Waals surface area (Å²) in [6, 6.07) is 19.6. The van der Waals surface area contributed by atoms with Gasteiger partial charge in [0.1, 0.15) is 5.54 Å². The lowest BCUT2D eigenvalue weighted by molar-refractivity contribution is -0.131. The molecule has 0 spiro atoms. The lowest BCUT2D eigenvalue weighted by Gasteiger charge is -2.23. The molecule has 0 radical (unpaired) electrons. The van der Waals surface area contributed by atoms with Gasteiger partial charge in [-0.3, -0.25) is 9.69 Å². The smallest absolute Gasteiger partial charge is 0.319 e. The molecule has 0 saturated carbocycles. The zero-order chi connectivity index (χ0) is 19.2. The van der Waals surface area contributed by atoms with Crippen molar-refractivity contribution < 1.29 is 9.59 Å². The number of amides is 3. The third-order valence-electron chi connectivity index (χ3n) is 5.43. The summed E-state index contributed by atoms with van der Waals surface area (Å²) in [7, 11) is 0. The van der Waals surface area contributed by atoms with E-state index < -0.39 is 5.54 Å². The van der Waals surface area contributed by atoms with Gasteiger partial charge in [0.05, 0.1) is 6.54 Å². The SMILES string of the molecule is Cc1ccc(C)c(CN2C(=O)NC(C)(c3ccc4ccccc4c3)C2=O)c1. The van der Waals surface area contributed by atoms with Gasteiger partial charge in [-0.25, -0.2) is 4.79 Å². The van der Waals surface area contributed by atoms with Crippen molar-refractivity contribution >= 4 is 22.7 Å². The van der Waals surface area contributed by atoms with E-state index >= 15 is 0 Å². The van der Waals surface area contributed by atoms with E-state index in [-0.39, 0.29) is 18.5 Å². The van der Waals surface area contributed by atoms with Gasteiger partial charge in [-0.05, 0) is 54.3 Å². The Balaban J connectivity index is 1.69. The molecule has 3 aromatic rings. The molecule has 1 N–H and O–H groups in total. The Bertz CT molecular complexity index is 1070. The van der Waals surface area contributed by atoms with E-state index in [1.807, 2.05) is 74.5 Å². The number of carbonyl (C=O) groups excluding carboxylic acids is 2. The van der Waals surface area contributed by atoms with E-state index in [1.54, 1.807) is 6.92 Å². The number of carbonyl (C=O) groups is 2. The summed E-state index contributed by atoms with van der Waals surface area (Å²) >= 11 is 0. The van der Waals surface area contributed by atoms with E-state index in [9.17, 15) is 9.59 Å². The van der Waals surface area contributed by atoms with Gasteiger partial charge >= 0.3 is 6.03 Å². The lowest BCUT2D eigenvalue weighted by atomic mass is 9.90. The summed E-state index contributed by atoms with van der Waals surface area (Å²) in [6.07, 6.45) is 0. The predicted molar refractivity (Wildman–Crippen MR) is 106 cm³/mol. The second-order valence-electron chi connectivity index (χ2n) is 7.44. The maximum atomic E-state index is 13.2. The normalized spacial score (nSPS) is 19.6. The van der Waals surface area contributed by atoms with Crippen molar-refractivity contribution in [3.05, 3.63) is 82.9 Å². The summed E-state index contributed by atoms with van der Waals surface area (Å²) in [6.45, 7) is 6.06. The van der Waals surface area contributed by atoms with Gasteiger partial charge in [-0.2, -0.15) is 0 Å². The van der Waals surface area contributed by atoms with Gasteiger partial charge in [-0.1, -0.05) is 60.2 Å². The topological polar surface area (TPSA) is 49.4 Å². The number of urea groups is 1. The van der Waals surface area contributed by atoms with Gasteiger partial charge in [0, 0.05) is 0 Å². The minimum atomic E-state index is -1.06. The van der Waals surface area contributed by atoms with Crippen molar-refractivity contribution in [2.75, 3.05) is 0 Å². The number of benzene rings is 3. The van der Waals surface area contributed by atoms with Gasteiger partial charge in [-0.15, -0.1) is 0 Å². The van der Waals surface area contributed by atoms with Gasteiger partial charge in [0.25, 0.3) is 5.91 Å². The maximum absolute atomic E-state index is 13.2. The highest BCUT2D eigenvalue weighted by Gasteiger charge is 2.49. The molecule has 3 amide bonds. The summed E-state index contributed by atoms with van der Waals surface area (Å²) < 4.78 is 0. The largest absolute Gasteiger partial charge is 0.325 e. The molecule has 0 aromatic heterocycles. The fourth-order valence-corrected chi connectivity index (χ4v) is 3.68. The van der Waals surface area contributed by atoms with Gasteiger partial charge in [0.2, 0.25) is 0 Å². The Morgan fingerprint density at radius 2 is 1.67 bits per heavy atom. The van der Waals surface area contributed by atoms with Crippen LogP contribution >= 0.6 is 0 Å². The molecule has 0 aliphatic carbocycles. The van der Waals surface area contributed by atoms with Crippen LogP contribution in [0, 0.1) is 13.8 Å². The van der Waals surface area contributed by atoms with E-state index in [0.29, 0.717) is 0 Å². The Morgan fingerprint density at radius 3 is 2.44 bits per heavy atom. The Kier molecular flexibility index (Phi) is 3.99. The number of hydrogen-bond donors (Lipinski definition) is 1. The molecule has 0 bridgehead atoms. The third-order valence-corrected chi connectivity index (χ3v) is 5.43. The zero-order valence-corrected chi connectivity index (χ0v) is 15.7. The first-order valence-corrected chi connectivity index (χ1v) is 9.08. The Morgan fingerprint density at radius 1 is 0.926 bits per heavy atom. The minimum Gasteiger partial charge on any atom is -0.319 e. The van der Waals surface area contributed by atoms with E-state index in [4.69, 9.17) is 0 Å². The second-order valence-corrected chi connectivity index (χ2v) is 7.44. The van der Waals surface area contributed by atoms with Crippen molar-refractivity contribution in [3.8, 4) is 0 Å². The highest BCUT2D eigenvalue weighted by Crippen LogP contribution is 2.32. The van der Waals surface area contributed by atoms with E-state index in [0.717, 1.165) is 33.0 Å². The molecule has 136 valence electrons. The molecule has 1 atom stereocenters. The van der Waals surface area contributed by atoms with Crippen LogP contribution < -0.4 is 5.32 Å². The van der Waals surface area contributed by atoms with Crippen LogP contribution in [0.3, 0.4) is 0 Å². The van der Waals surface area contributed by atoms with Crippen LogP contribution in [0.4, 0.5) is 4.79 Å². The molecular formula is C23H22N2O2. The van der Waals surface area contributed by atoms with Crippen molar-refractivity contribution in [3.63, 3.8) is 0 Å². The van der Waals surface area contributed by atoms with Crippen molar-refractivity contribution in [2.24, 2.45) is 0 Å². The molecule has 27 heavy (non-hydrogen) atoms. The van der Waals surface area contributed by atoms with Crippen LogP contribution in [0.1, 0.15) is 29.2 Å².